The topological polar surface area (TPSA) is 219 Å². The fourth-order valence-corrected chi connectivity index (χ4v) is 4.93. The first-order valence-electron chi connectivity index (χ1n) is 4.99. The van der Waals surface area contributed by atoms with E-state index < -0.39 is 55.0 Å². The quantitative estimate of drug-likeness (QED) is 0.268. The third kappa shape index (κ3) is 23.0. The molecule has 12 nitrogen and oxygen atoms in total. The zero-order chi connectivity index (χ0) is 17.5. The Labute approximate surface area is 120 Å². The average molecular weight is 394 g/mol. The lowest BCUT2D eigenvalue weighted by molar-refractivity contribution is 0.314. The molecule has 0 radical (unpaired) electrons. The minimum absolute atomic E-state index is 0.520. The molecule has 0 aliphatic rings. The highest BCUT2D eigenvalue weighted by atomic mass is 31.2. The second-order valence-electron chi connectivity index (χ2n) is 3.71. The molecule has 1 unspecified atom stereocenters. The summed E-state index contributed by atoms with van der Waals surface area (Å²) >= 11 is 0. The average Bonchev–Trinajstić information content (AvgIpc) is 2.22. The Morgan fingerprint density at radius 2 is 0.857 bits per heavy atom. The van der Waals surface area contributed by atoms with Crippen LogP contribution >= 0.6 is 30.4 Å². The van der Waals surface area contributed by atoms with E-state index in [4.69, 9.17) is 34.3 Å². The Kier molecular flexibility index (Phi) is 10.3. The predicted octanol–water partition coefficient (Wildman–Crippen LogP) is -0.662. The van der Waals surface area contributed by atoms with Gasteiger partial charge in [-0.25, -0.2) is 0 Å². The van der Waals surface area contributed by atoms with Gasteiger partial charge in [0.05, 0.1) is 24.6 Å². The van der Waals surface area contributed by atoms with Crippen LogP contribution in [0, 0.1) is 0 Å². The number of hydrogen-bond donors (Lipinski definition) is 7. The molecule has 0 heterocycles. The fourth-order valence-electron chi connectivity index (χ4n) is 0.608. The molecular formula is C5H18O12P4. The number of hydrogen-bond acceptors (Lipinski definition) is 5. The van der Waals surface area contributed by atoms with Crippen molar-refractivity contribution in [1.82, 2.24) is 0 Å². The Hall–Kier alpha value is 0.600. The summed E-state index contributed by atoms with van der Waals surface area (Å²) in [6.07, 6.45) is -2.68. The molecule has 0 bridgehead atoms. The van der Waals surface area contributed by atoms with Gasteiger partial charge in [-0.1, -0.05) is 0 Å². The molecule has 16 heteroatoms. The zero-order valence-corrected chi connectivity index (χ0v) is 14.4. The van der Waals surface area contributed by atoms with Gasteiger partial charge < -0.3 is 38.8 Å². The Morgan fingerprint density at radius 1 is 0.619 bits per heavy atom. The maximum atomic E-state index is 10.6. The third-order valence-corrected chi connectivity index (χ3v) is 6.13. The van der Waals surface area contributed by atoms with E-state index in [1.54, 1.807) is 0 Å². The van der Waals surface area contributed by atoms with Gasteiger partial charge >= 0.3 is 30.4 Å². The van der Waals surface area contributed by atoms with Crippen LogP contribution < -0.4 is 0 Å². The first-order valence-corrected chi connectivity index (χ1v) is 12.1. The standard InChI is InChI=1S/C3H10O6P2.C2H8O6P2/c1-9-11(7,8)3-2-10(4,5)6;3-9(4,5)1-2-10(6,7)8/h2-3H2,1H3,(H,7,8)(H2,4,5,6);1-2H2,(H2,3,4,5)(H2,6,7,8). The molecule has 130 valence electrons. The molecule has 0 aliphatic heterocycles. The Morgan fingerprint density at radius 3 is 1.05 bits per heavy atom. The molecule has 0 saturated carbocycles. The predicted molar refractivity (Wildman–Crippen MR) is 72.4 cm³/mol. The zero-order valence-electron chi connectivity index (χ0n) is 10.8. The van der Waals surface area contributed by atoms with Crippen LogP contribution in [0.3, 0.4) is 0 Å². The lowest BCUT2D eigenvalue weighted by Crippen LogP contribution is -1.97. The lowest BCUT2D eigenvalue weighted by atomic mass is 11.0. The van der Waals surface area contributed by atoms with E-state index in [0.717, 1.165) is 7.11 Å². The molecule has 0 amide bonds. The van der Waals surface area contributed by atoms with Crippen molar-refractivity contribution in [3.63, 3.8) is 0 Å². The minimum atomic E-state index is -4.25. The first kappa shape index (κ1) is 23.9. The minimum Gasteiger partial charge on any atom is -0.324 e. The second kappa shape index (κ2) is 9.03. The van der Waals surface area contributed by atoms with Gasteiger partial charge in [-0.2, -0.15) is 0 Å². The van der Waals surface area contributed by atoms with Crippen molar-refractivity contribution in [2.75, 3.05) is 31.8 Å². The summed E-state index contributed by atoms with van der Waals surface area (Å²) in [5.41, 5.74) is 0. The number of rotatable bonds is 7. The molecule has 0 aromatic carbocycles. The van der Waals surface area contributed by atoms with Crippen molar-refractivity contribution in [3.05, 3.63) is 0 Å². The van der Waals surface area contributed by atoms with Crippen LogP contribution in [0.4, 0.5) is 0 Å². The fraction of sp³-hybridized carbons (Fsp3) is 1.00. The van der Waals surface area contributed by atoms with Crippen molar-refractivity contribution in [2.45, 2.75) is 0 Å². The molecular weight excluding hydrogens is 376 g/mol. The normalized spacial score (nSPS) is 15.8. The highest BCUT2D eigenvalue weighted by Gasteiger charge is 2.23. The smallest absolute Gasteiger partial charge is 0.324 e. The van der Waals surface area contributed by atoms with Crippen LogP contribution in [0.5, 0.6) is 0 Å². The maximum Gasteiger partial charge on any atom is 0.328 e. The third-order valence-electron chi connectivity index (χ3n) is 1.64. The van der Waals surface area contributed by atoms with E-state index in [2.05, 4.69) is 4.52 Å². The van der Waals surface area contributed by atoms with Crippen LogP contribution in [0.1, 0.15) is 0 Å². The molecule has 0 aromatic heterocycles. The maximum absolute atomic E-state index is 10.6. The van der Waals surface area contributed by atoms with Gasteiger partial charge in [-0.05, 0) is 0 Å². The summed E-state index contributed by atoms with van der Waals surface area (Å²) in [7, 11) is -15.4. The van der Waals surface area contributed by atoms with Crippen LogP contribution in [0.2, 0.25) is 0 Å². The monoisotopic (exact) mass is 394 g/mol. The van der Waals surface area contributed by atoms with Crippen molar-refractivity contribution in [2.24, 2.45) is 0 Å². The first-order chi connectivity index (χ1) is 8.97. The van der Waals surface area contributed by atoms with Crippen LogP contribution in [0.15, 0.2) is 0 Å². The Balaban J connectivity index is 0. The van der Waals surface area contributed by atoms with E-state index in [9.17, 15) is 18.3 Å². The van der Waals surface area contributed by atoms with Crippen LogP contribution in [-0.4, -0.2) is 66.0 Å². The molecule has 7 N–H and O–H groups in total. The van der Waals surface area contributed by atoms with Crippen LogP contribution in [-0.2, 0) is 22.8 Å². The molecule has 0 spiro atoms. The molecule has 1 atom stereocenters. The van der Waals surface area contributed by atoms with Gasteiger partial charge in [0.15, 0.2) is 0 Å². The largest absolute Gasteiger partial charge is 0.328 e. The van der Waals surface area contributed by atoms with Crippen LogP contribution in [0.25, 0.3) is 0 Å². The molecule has 0 saturated heterocycles. The summed E-state index contributed by atoms with van der Waals surface area (Å²) in [6, 6.07) is 0. The summed E-state index contributed by atoms with van der Waals surface area (Å²) < 4.78 is 45.0. The van der Waals surface area contributed by atoms with E-state index in [0.29, 0.717) is 0 Å². The highest BCUT2D eigenvalue weighted by Crippen LogP contribution is 2.46. The van der Waals surface area contributed by atoms with Gasteiger partial charge in [0.2, 0.25) is 0 Å². The van der Waals surface area contributed by atoms with Gasteiger partial charge in [0.25, 0.3) is 0 Å². The van der Waals surface area contributed by atoms with Crippen molar-refractivity contribution < 1.29 is 57.0 Å². The van der Waals surface area contributed by atoms with Gasteiger partial charge in [0.1, 0.15) is 0 Å². The Bertz CT molecular complexity index is 460. The highest BCUT2D eigenvalue weighted by molar-refractivity contribution is 7.56. The second-order valence-corrected chi connectivity index (χ2v) is 11.1. The van der Waals surface area contributed by atoms with E-state index >= 15 is 0 Å². The van der Waals surface area contributed by atoms with Gasteiger partial charge in [0, 0.05) is 7.11 Å². The van der Waals surface area contributed by atoms with Gasteiger partial charge in [-0.15, -0.1) is 0 Å². The van der Waals surface area contributed by atoms with Crippen molar-refractivity contribution in [3.8, 4) is 0 Å². The van der Waals surface area contributed by atoms with Crippen molar-refractivity contribution >= 4 is 30.4 Å². The summed E-state index contributed by atoms with van der Waals surface area (Å²) in [4.78, 5) is 57.9. The van der Waals surface area contributed by atoms with Gasteiger partial charge in [-0.3, -0.25) is 18.3 Å². The van der Waals surface area contributed by atoms with Crippen molar-refractivity contribution in [1.29, 1.82) is 0 Å². The summed E-state index contributed by atoms with van der Waals surface area (Å²) in [6.45, 7) is 0. The molecule has 0 fully saturated rings. The SMILES string of the molecule is COP(=O)(O)CCP(=O)(O)O.O=P(O)(O)CCP(=O)(O)O. The molecule has 0 aliphatic carbocycles. The summed E-state index contributed by atoms with van der Waals surface area (Å²) in [5, 5.41) is 0. The molecule has 21 heavy (non-hydrogen) atoms. The lowest BCUT2D eigenvalue weighted by Gasteiger charge is -2.08. The molecule has 0 aromatic rings. The summed E-state index contributed by atoms with van der Waals surface area (Å²) in [5.74, 6) is 0. The van der Waals surface area contributed by atoms with E-state index in [1.165, 1.54) is 0 Å². The molecule has 0 rings (SSSR count). The van der Waals surface area contributed by atoms with E-state index in [-0.39, 0.29) is 0 Å². The van der Waals surface area contributed by atoms with E-state index in [1.807, 2.05) is 0 Å².